The van der Waals surface area contributed by atoms with Gasteiger partial charge in [-0.1, -0.05) is 0 Å². The molecule has 1 fully saturated rings. The minimum absolute atomic E-state index is 0.269. The molecule has 1 saturated heterocycles. The summed E-state index contributed by atoms with van der Waals surface area (Å²) >= 11 is 0. The molecule has 104 valence electrons. The van der Waals surface area contributed by atoms with E-state index in [0.29, 0.717) is 5.92 Å². The van der Waals surface area contributed by atoms with E-state index in [1.54, 1.807) is 6.07 Å². The molecule has 1 amide bonds. The fourth-order valence-corrected chi connectivity index (χ4v) is 2.72. The zero-order chi connectivity index (χ0) is 13.8. The molecule has 1 heterocycles. The van der Waals surface area contributed by atoms with Gasteiger partial charge in [0.1, 0.15) is 5.82 Å². The Morgan fingerprint density at radius 3 is 3.05 bits per heavy atom. The van der Waals surface area contributed by atoms with Crippen LogP contribution in [-0.4, -0.2) is 32.6 Å². The number of nitrogens with one attached hydrogen (secondary N) is 1. The van der Waals surface area contributed by atoms with Crippen LogP contribution in [0, 0.1) is 11.7 Å². The molecule has 0 aromatic heterocycles. The van der Waals surface area contributed by atoms with Crippen LogP contribution in [0.4, 0.5) is 10.1 Å². The van der Waals surface area contributed by atoms with E-state index in [0.717, 1.165) is 31.7 Å². The molecule has 1 aliphatic rings. The topological polar surface area (TPSA) is 58.4 Å². The number of nitrogens with two attached hydrogens (primary N) is 1. The highest BCUT2D eigenvalue weighted by atomic mass is 19.1. The van der Waals surface area contributed by atoms with Gasteiger partial charge < -0.3 is 16.0 Å². The van der Waals surface area contributed by atoms with Gasteiger partial charge in [0, 0.05) is 18.8 Å². The van der Waals surface area contributed by atoms with Crippen molar-refractivity contribution in [2.75, 3.05) is 31.6 Å². The second-order valence-corrected chi connectivity index (χ2v) is 5.04. The van der Waals surface area contributed by atoms with Crippen molar-refractivity contribution in [1.82, 2.24) is 5.32 Å². The lowest BCUT2D eigenvalue weighted by atomic mass is 9.96. The Hall–Kier alpha value is -1.62. The van der Waals surface area contributed by atoms with E-state index in [4.69, 9.17) is 5.73 Å². The number of amides is 1. The van der Waals surface area contributed by atoms with Crippen LogP contribution in [0.2, 0.25) is 0 Å². The third-order valence-corrected chi connectivity index (χ3v) is 3.58. The van der Waals surface area contributed by atoms with E-state index in [9.17, 15) is 9.18 Å². The maximum absolute atomic E-state index is 13.2. The summed E-state index contributed by atoms with van der Waals surface area (Å²) in [6, 6.07) is 4.25. The minimum Gasteiger partial charge on any atom is -0.371 e. The quantitative estimate of drug-likeness (QED) is 0.864. The molecule has 4 nitrogen and oxygen atoms in total. The summed E-state index contributed by atoms with van der Waals surface area (Å²) < 4.78 is 13.2. The second-order valence-electron chi connectivity index (χ2n) is 5.04. The third kappa shape index (κ3) is 3.23. The molecule has 1 aromatic rings. The maximum atomic E-state index is 13.2. The Morgan fingerprint density at radius 2 is 2.37 bits per heavy atom. The molecule has 5 heteroatoms. The van der Waals surface area contributed by atoms with Gasteiger partial charge in [0.05, 0.1) is 5.56 Å². The molecule has 3 N–H and O–H groups in total. The van der Waals surface area contributed by atoms with E-state index in [1.807, 2.05) is 7.05 Å². The lowest BCUT2D eigenvalue weighted by Gasteiger charge is -2.35. The number of anilines is 1. The number of nitrogens with zero attached hydrogens (tertiary/aromatic N) is 1. The zero-order valence-corrected chi connectivity index (χ0v) is 11.2. The standard InChI is InChI=1S/C14H20FN3O/c1-17-8-10-3-2-6-18(9-10)13-5-4-11(15)7-12(13)14(16)19/h4-5,7,10,17H,2-3,6,8-9H2,1H3,(H2,16,19). The minimum atomic E-state index is -0.578. The van der Waals surface area contributed by atoms with Gasteiger partial charge in [0.2, 0.25) is 0 Å². The lowest BCUT2D eigenvalue weighted by molar-refractivity contribution is 0.1000. The molecule has 1 atom stereocenters. The van der Waals surface area contributed by atoms with Gasteiger partial charge in [-0.25, -0.2) is 4.39 Å². The van der Waals surface area contributed by atoms with Gasteiger partial charge in [-0.2, -0.15) is 0 Å². The molecule has 0 radical (unpaired) electrons. The van der Waals surface area contributed by atoms with E-state index in [-0.39, 0.29) is 5.56 Å². The summed E-state index contributed by atoms with van der Waals surface area (Å²) in [6.07, 6.45) is 2.24. The number of piperidine rings is 1. The Balaban J connectivity index is 2.23. The van der Waals surface area contributed by atoms with Crippen LogP contribution in [0.5, 0.6) is 0 Å². The van der Waals surface area contributed by atoms with Crippen LogP contribution in [0.3, 0.4) is 0 Å². The van der Waals surface area contributed by atoms with E-state index in [1.165, 1.54) is 18.6 Å². The average molecular weight is 265 g/mol. The summed E-state index contributed by atoms with van der Waals surface area (Å²) in [5, 5.41) is 3.18. The van der Waals surface area contributed by atoms with Crippen molar-refractivity contribution in [2.45, 2.75) is 12.8 Å². The largest absolute Gasteiger partial charge is 0.371 e. The number of halogens is 1. The molecule has 0 saturated carbocycles. The SMILES string of the molecule is CNCC1CCCN(c2ccc(F)cc2C(N)=O)C1. The first-order chi connectivity index (χ1) is 9.11. The van der Waals surface area contributed by atoms with Crippen molar-refractivity contribution in [3.8, 4) is 0 Å². The predicted octanol–water partition coefficient (Wildman–Crippen LogP) is 1.36. The first-order valence-electron chi connectivity index (χ1n) is 6.60. The van der Waals surface area contributed by atoms with Crippen molar-refractivity contribution in [1.29, 1.82) is 0 Å². The third-order valence-electron chi connectivity index (χ3n) is 3.58. The molecule has 2 rings (SSSR count). The monoisotopic (exact) mass is 265 g/mol. The van der Waals surface area contributed by atoms with Crippen LogP contribution in [-0.2, 0) is 0 Å². The summed E-state index contributed by atoms with van der Waals surface area (Å²) in [4.78, 5) is 13.6. The van der Waals surface area contributed by atoms with Gasteiger partial charge in [-0.05, 0) is 50.6 Å². The van der Waals surface area contributed by atoms with Gasteiger partial charge in [-0.15, -0.1) is 0 Å². The Morgan fingerprint density at radius 1 is 1.58 bits per heavy atom. The molecule has 0 spiro atoms. The lowest BCUT2D eigenvalue weighted by Crippen LogP contribution is -2.40. The highest BCUT2D eigenvalue weighted by Gasteiger charge is 2.22. The molecule has 1 aliphatic heterocycles. The highest BCUT2D eigenvalue weighted by molar-refractivity contribution is 5.98. The van der Waals surface area contributed by atoms with Crippen LogP contribution in [0.1, 0.15) is 23.2 Å². The Labute approximate surface area is 112 Å². The second kappa shape index (κ2) is 6.02. The fraction of sp³-hybridized carbons (Fsp3) is 0.500. The van der Waals surface area contributed by atoms with Crippen LogP contribution >= 0.6 is 0 Å². The van der Waals surface area contributed by atoms with Gasteiger partial charge in [0.25, 0.3) is 5.91 Å². The normalized spacial score (nSPS) is 19.5. The molecule has 0 aliphatic carbocycles. The van der Waals surface area contributed by atoms with E-state index >= 15 is 0 Å². The Bertz CT molecular complexity index is 462. The average Bonchev–Trinajstić information content (AvgIpc) is 2.39. The fourth-order valence-electron chi connectivity index (χ4n) is 2.72. The van der Waals surface area contributed by atoms with Crippen LogP contribution in [0.15, 0.2) is 18.2 Å². The van der Waals surface area contributed by atoms with Crippen molar-refractivity contribution in [3.63, 3.8) is 0 Å². The summed E-state index contributed by atoms with van der Waals surface area (Å²) in [5.41, 5.74) is 6.35. The maximum Gasteiger partial charge on any atom is 0.250 e. The van der Waals surface area contributed by atoms with Crippen LogP contribution < -0.4 is 16.0 Å². The first-order valence-corrected chi connectivity index (χ1v) is 6.60. The molecule has 0 bridgehead atoms. The van der Waals surface area contributed by atoms with Crippen molar-refractivity contribution < 1.29 is 9.18 Å². The molecule has 1 aromatic carbocycles. The number of hydrogen-bond acceptors (Lipinski definition) is 3. The van der Waals surface area contributed by atoms with E-state index < -0.39 is 11.7 Å². The number of hydrogen-bond donors (Lipinski definition) is 2. The smallest absolute Gasteiger partial charge is 0.250 e. The first kappa shape index (κ1) is 13.8. The van der Waals surface area contributed by atoms with Gasteiger partial charge >= 0.3 is 0 Å². The van der Waals surface area contributed by atoms with E-state index in [2.05, 4.69) is 10.2 Å². The van der Waals surface area contributed by atoms with Crippen molar-refractivity contribution in [2.24, 2.45) is 11.7 Å². The predicted molar refractivity (Wildman–Crippen MR) is 73.8 cm³/mol. The van der Waals surface area contributed by atoms with Crippen LogP contribution in [0.25, 0.3) is 0 Å². The molecular formula is C14H20FN3O. The highest BCUT2D eigenvalue weighted by Crippen LogP contribution is 2.26. The van der Waals surface area contributed by atoms with Gasteiger partial charge in [-0.3, -0.25) is 4.79 Å². The number of carbonyl (C=O) groups excluding carboxylic acids is 1. The van der Waals surface area contributed by atoms with Crippen molar-refractivity contribution in [3.05, 3.63) is 29.6 Å². The number of rotatable bonds is 4. The summed E-state index contributed by atoms with van der Waals surface area (Å²) in [7, 11) is 1.94. The molecular weight excluding hydrogens is 245 g/mol. The summed E-state index contributed by atoms with van der Waals surface area (Å²) in [5.74, 6) is -0.462. The number of benzene rings is 1. The zero-order valence-electron chi connectivity index (χ0n) is 11.2. The number of carbonyl (C=O) groups is 1. The molecule has 1 unspecified atom stereocenters. The Kier molecular flexibility index (Phi) is 4.37. The number of primary amides is 1. The molecule has 19 heavy (non-hydrogen) atoms. The van der Waals surface area contributed by atoms with Gasteiger partial charge in [0.15, 0.2) is 0 Å². The van der Waals surface area contributed by atoms with Crippen molar-refractivity contribution >= 4 is 11.6 Å². The summed E-state index contributed by atoms with van der Waals surface area (Å²) in [6.45, 7) is 2.70.